The second kappa shape index (κ2) is 5.07. The lowest BCUT2D eigenvalue weighted by molar-refractivity contribution is 0.220. The van der Waals surface area contributed by atoms with Crippen LogP contribution in [0.3, 0.4) is 0 Å². The average Bonchev–Trinajstić information content (AvgIpc) is 2.31. The zero-order valence-electron chi connectivity index (χ0n) is 9.24. The Morgan fingerprint density at radius 2 is 1.87 bits per heavy atom. The predicted molar refractivity (Wildman–Crippen MR) is 60.7 cm³/mol. The van der Waals surface area contributed by atoms with Crippen molar-refractivity contribution in [1.29, 1.82) is 0 Å². The summed E-state index contributed by atoms with van der Waals surface area (Å²) in [5.74, 6) is 0.692. The summed E-state index contributed by atoms with van der Waals surface area (Å²) in [4.78, 5) is 10.9. The fourth-order valence-electron chi connectivity index (χ4n) is 1.94. The van der Waals surface area contributed by atoms with Gasteiger partial charge < -0.3 is 5.32 Å². The number of aromatic nitrogens is 2. The maximum Gasteiger partial charge on any atom is 0.222 e. The summed E-state index contributed by atoms with van der Waals surface area (Å²) in [6.45, 7) is 3.42. The van der Waals surface area contributed by atoms with Crippen LogP contribution in [0, 0.1) is 0 Å². The van der Waals surface area contributed by atoms with Crippen LogP contribution in [0.4, 0.5) is 5.95 Å². The van der Waals surface area contributed by atoms with Crippen LogP contribution < -0.4 is 5.32 Å². The predicted octanol–water partition coefficient (Wildman–Crippen LogP) is 1.50. The molecule has 1 aromatic heterocycles. The molecule has 1 aromatic rings. The lowest BCUT2D eigenvalue weighted by atomic mass is 10.1. The van der Waals surface area contributed by atoms with E-state index in [-0.39, 0.29) is 0 Å². The third-order valence-electron chi connectivity index (χ3n) is 2.78. The minimum atomic E-state index is 0.692. The molecule has 0 aromatic carbocycles. The van der Waals surface area contributed by atoms with E-state index in [1.807, 2.05) is 19.4 Å². The summed E-state index contributed by atoms with van der Waals surface area (Å²) >= 11 is 0. The molecule has 15 heavy (non-hydrogen) atoms. The van der Waals surface area contributed by atoms with Crippen molar-refractivity contribution in [2.45, 2.75) is 25.8 Å². The van der Waals surface area contributed by atoms with Crippen LogP contribution in [0.15, 0.2) is 12.4 Å². The van der Waals surface area contributed by atoms with Crippen molar-refractivity contribution >= 4 is 5.95 Å². The molecular formula is C11H18N4. The van der Waals surface area contributed by atoms with E-state index < -0.39 is 0 Å². The van der Waals surface area contributed by atoms with E-state index in [0.717, 1.165) is 6.54 Å². The molecule has 0 radical (unpaired) electrons. The summed E-state index contributed by atoms with van der Waals surface area (Å²) in [5, 5.41) is 2.92. The van der Waals surface area contributed by atoms with Gasteiger partial charge in [-0.2, -0.15) is 0 Å². The van der Waals surface area contributed by atoms with E-state index in [4.69, 9.17) is 0 Å². The van der Waals surface area contributed by atoms with E-state index >= 15 is 0 Å². The molecule has 0 atom stereocenters. The maximum absolute atomic E-state index is 4.21. The van der Waals surface area contributed by atoms with E-state index in [2.05, 4.69) is 20.2 Å². The highest BCUT2D eigenvalue weighted by Crippen LogP contribution is 2.12. The quantitative estimate of drug-likeness (QED) is 0.813. The molecule has 1 aliphatic rings. The van der Waals surface area contributed by atoms with Gasteiger partial charge in [0.25, 0.3) is 0 Å². The van der Waals surface area contributed by atoms with Crippen LogP contribution in [0.1, 0.15) is 24.8 Å². The lowest BCUT2D eigenvalue weighted by Gasteiger charge is -2.26. The second-order valence-electron chi connectivity index (χ2n) is 4.00. The molecule has 0 saturated carbocycles. The monoisotopic (exact) mass is 206 g/mol. The highest BCUT2D eigenvalue weighted by Gasteiger charge is 2.10. The number of hydrogen-bond acceptors (Lipinski definition) is 4. The van der Waals surface area contributed by atoms with Gasteiger partial charge in [-0.15, -0.1) is 0 Å². The standard InChI is InChI=1S/C11H18N4/c1-12-11-13-7-10(8-14-11)9-15-5-3-2-4-6-15/h7-8H,2-6,9H2,1H3,(H,12,13,14). The second-order valence-corrected chi connectivity index (χ2v) is 4.00. The molecule has 0 aliphatic carbocycles. The van der Waals surface area contributed by atoms with Crippen LogP contribution in [0.5, 0.6) is 0 Å². The first-order valence-electron chi connectivity index (χ1n) is 5.59. The molecule has 0 unspecified atom stereocenters. The maximum atomic E-state index is 4.21. The van der Waals surface area contributed by atoms with Crippen LogP contribution in [-0.2, 0) is 6.54 Å². The fraction of sp³-hybridized carbons (Fsp3) is 0.636. The van der Waals surface area contributed by atoms with E-state index in [1.165, 1.54) is 37.9 Å². The normalized spacial score (nSPS) is 17.7. The molecule has 82 valence electrons. The van der Waals surface area contributed by atoms with Gasteiger partial charge in [0.05, 0.1) is 0 Å². The number of piperidine rings is 1. The first-order chi connectivity index (χ1) is 7.38. The van der Waals surface area contributed by atoms with E-state index in [0.29, 0.717) is 5.95 Å². The molecule has 1 saturated heterocycles. The molecular weight excluding hydrogens is 188 g/mol. The van der Waals surface area contributed by atoms with Gasteiger partial charge in [0, 0.05) is 31.5 Å². The van der Waals surface area contributed by atoms with Crippen molar-refractivity contribution in [2.24, 2.45) is 0 Å². The van der Waals surface area contributed by atoms with Gasteiger partial charge in [0.2, 0.25) is 5.95 Å². The Balaban J connectivity index is 1.91. The molecule has 0 amide bonds. The third kappa shape index (κ3) is 2.89. The zero-order valence-corrected chi connectivity index (χ0v) is 9.24. The Hall–Kier alpha value is -1.16. The van der Waals surface area contributed by atoms with Gasteiger partial charge >= 0.3 is 0 Å². The van der Waals surface area contributed by atoms with Gasteiger partial charge in [-0.05, 0) is 25.9 Å². The van der Waals surface area contributed by atoms with Gasteiger partial charge in [-0.25, -0.2) is 9.97 Å². The summed E-state index contributed by atoms with van der Waals surface area (Å²) < 4.78 is 0. The molecule has 4 nitrogen and oxygen atoms in total. The highest BCUT2D eigenvalue weighted by molar-refractivity contribution is 5.23. The fourth-order valence-corrected chi connectivity index (χ4v) is 1.94. The van der Waals surface area contributed by atoms with E-state index in [1.54, 1.807) is 0 Å². The molecule has 4 heteroatoms. The number of nitrogens with one attached hydrogen (secondary N) is 1. The third-order valence-corrected chi connectivity index (χ3v) is 2.78. The molecule has 0 bridgehead atoms. The Morgan fingerprint density at radius 1 is 1.20 bits per heavy atom. The lowest BCUT2D eigenvalue weighted by Crippen LogP contribution is -2.29. The van der Waals surface area contributed by atoms with Crippen molar-refractivity contribution in [1.82, 2.24) is 14.9 Å². The Morgan fingerprint density at radius 3 is 2.47 bits per heavy atom. The van der Waals surface area contributed by atoms with Crippen molar-refractivity contribution in [3.63, 3.8) is 0 Å². The molecule has 1 N–H and O–H groups in total. The Bertz CT molecular complexity index is 290. The molecule has 2 rings (SSSR count). The van der Waals surface area contributed by atoms with Crippen molar-refractivity contribution < 1.29 is 0 Å². The minimum Gasteiger partial charge on any atom is -0.357 e. The van der Waals surface area contributed by atoms with Crippen molar-refractivity contribution in [3.05, 3.63) is 18.0 Å². The zero-order chi connectivity index (χ0) is 10.5. The topological polar surface area (TPSA) is 41.1 Å². The van der Waals surface area contributed by atoms with Gasteiger partial charge in [0.15, 0.2) is 0 Å². The summed E-state index contributed by atoms with van der Waals surface area (Å²) in [6, 6.07) is 0. The summed E-state index contributed by atoms with van der Waals surface area (Å²) in [6.07, 6.45) is 7.86. The number of hydrogen-bond donors (Lipinski definition) is 1. The molecule has 1 aliphatic heterocycles. The van der Waals surface area contributed by atoms with Gasteiger partial charge in [-0.1, -0.05) is 6.42 Å². The average molecular weight is 206 g/mol. The molecule has 1 fully saturated rings. The number of anilines is 1. The molecule has 2 heterocycles. The number of likely N-dealkylation sites (tertiary alicyclic amines) is 1. The van der Waals surface area contributed by atoms with Gasteiger partial charge in [0.1, 0.15) is 0 Å². The van der Waals surface area contributed by atoms with Crippen LogP contribution >= 0.6 is 0 Å². The van der Waals surface area contributed by atoms with Crippen molar-refractivity contribution in [2.75, 3.05) is 25.5 Å². The van der Waals surface area contributed by atoms with Gasteiger partial charge in [-0.3, -0.25) is 4.90 Å². The smallest absolute Gasteiger partial charge is 0.222 e. The van der Waals surface area contributed by atoms with Crippen LogP contribution in [0.2, 0.25) is 0 Å². The van der Waals surface area contributed by atoms with Crippen LogP contribution in [0.25, 0.3) is 0 Å². The highest BCUT2D eigenvalue weighted by atomic mass is 15.1. The summed E-state index contributed by atoms with van der Waals surface area (Å²) in [5.41, 5.74) is 1.20. The van der Waals surface area contributed by atoms with E-state index in [9.17, 15) is 0 Å². The van der Waals surface area contributed by atoms with Crippen LogP contribution in [-0.4, -0.2) is 35.0 Å². The largest absolute Gasteiger partial charge is 0.357 e. The first-order valence-corrected chi connectivity index (χ1v) is 5.59. The molecule has 0 spiro atoms. The summed E-state index contributed by atoms with van der Waals surface area (Å²) in [7, 11) is 1.83. The minimum absolute atomic E-state index is 0.692. The van der Waals surface area contributed by atoms with Crippen molar-refractivity contribution in [3.8, 4) is 0 Å². The SMILES string of the molecule is CNc1ncc(CN2CCCCC2)cn1. The number of nitrogens with zero attached hydrogens (tertiary/aromatic N) is 3. The first kappa shape index (κ1) is 10.4. The Labute approximate surface area is 90.7 Å². The number of rotatable bonds is 3. The Kier molecular flexibility index (Phi) is 3.50.